The second-order valence-corrected chi connectivity index (χ2v) is 7.60. The maximum Gasteiger partial charge on any atom is 0.366 e. The predicted molar refractivity (Wildman–Crippen MR) is 111 cm³/mol. The van der Waals surface area contributed by atoms with E-state index < -0.39 is 11.8 Å². The van der Waals surface area contributed by atoms with Crippen molar-refractivity contribution in [2.45, 2.75) is 38.9 Å². The predicted octanol–water partition coefficient (Wildman–Crippen LogP) is 3.64. The van der Waals surface area contributed by atoms with Gasteiger partial charge in [-0.15, -0.1) is 0 Å². The van der Waals surface area contributed by atoms with Gasteiger partial charge in [-0.1, -0.05) is 23.4 Å². The minimum Gasteiger partial charge on any atom is -0.465 e. The molecule has 0 N–H and O–H groups in total. The molecule has 0 aliphatic carbocycles. The molecule has 0 amide bonds. The fourth-order valence-electron chi connectivity index (χ4n) is 3.53. The molecule has 0 atom stereocenters. The molecule has 0 spiro atoms. The van der Waals surface area contributed by atoms with E-state index in [1.807, 2.05) is 26.1 Å². The molecule has 0 bridgehead atoms. The smallest absolute Gasteiger partial charge is 0.366 e. The third-order valence-corrected chi connectivity index (χ3v) is 5.33. The summed E-state index contributed by atoms with van der Waals surface area (Å²) in [5.74, 6) is -1.50. The molecule has 1 aromatic heterocycles. The second-order valence-electron chi connectivity index (χ2n) is 7.60. The van der Waals surface area contributed by atoms with E-state index in [2.05, 4.69) is 28.1 Å². The first-order valence-corrected chi connectivity index (χ1v) is 10.0. The van der Waals surface area contributed by atoms with Gasteiger partial charge < -0.3 is 23.6 Å². The van der Waals surface area contributed by atoms with Crippen molar-refractivity contribution in [1.82, 2.24) is 4.57 Å². The Labute approximate surface area is 171 Å². The molecule has 1 aromatic carbocycles. The molecule has 1 aliphatic rings. The summed E-state index contributed by atoms with van der Waals surface area (Å²) in [5, 5.41) is 5.47. The average Bonchev–Trinajstić information content (AvgIpc) is 3.08. The van der Waals surface area contributed by atoms with Gasteiger partial charge in [0.15, 0.2) is 0 Å². The second kappa shape index (κ2) is 9.41. The van der Waals surface area contributed by atoms with Crippen molar-refractivity contribution in [2.75, 3.05) is 26.9 Å². The van der Waals surface area contributed by atoms with Crippen LogP contribution >= 0.6 is 0 Å². The normalized spacial score (nSPS) is 22.6. The van der Waals surface area contributed by atoms with Crippen LogP contribution in [0, 0.1) is 5.92 Å². The summed E-state index contributed by atoms with van der Waals surface area (Å²) in [4.78, 5) is 17.2. The number of aromatic nitrogens is 1. The van der Waals surface area contributed by atoms with Gasteiger partial charge in [0.2, 0.25) is 0 Å². The molecule has 3 rings (SSSR count). The van der Waals surface area contributed by atoms with E-state index in [1.165, 1.54) is 18.0 Å². The fourth-order valence-corrected chi connectivity index (χ4v) is 3.53. The molecule has 0 unspecified atom stereocenters. The lowest BCUT2D eigenvalue weighted by molar-refractivity contribution is -0.272. The van der Waals surface area contributed by atoms with Crippen molar-refractivity contribution < 1.29 is 23.8 Å². The van der Waals surface area contributed by atoms with Crippen LogP contribution in [-0.2, 0) is 30.9 Å². The van der Waals surface area contributed by atoms with Crippen LogP contribution in [0.5, 0.6) is 0 Å². The lowest BCUT2D eigenvalue weighted by Crippen LogP contribution is -2.48. The highest BCUT2D eigenvalue weighted by atomic mass is 16.7. The van der Waals surface area contributed by atoms with Crippen LogP contribution in [0.4, 0.5) is 0 Å². The number of aryl methyl sites for hydroxylation is 1. The summed E-state index contributed by atoms with van der Waals surface area (Å²) in [7, 11) is 3.36. The third-order valence-electron chi connectivity index (χ3n) is 5.33. The Morgan fingerprint density at radius 3 is 2.72 bits per heavy atom. The number of hydrogen-bond donors (Lipinski definition) is 0. The number of fused-ring (bicyclic) bond motifs is 1. The maximum atomic E-state index is 11.7. The van der Waals surface area contributed by atoms with E-state index in [1.54, 1.807) is 6.92 Å². The maximum absolute atomic E-state index is 11.7. The number of carbonyl (C=O) groups is 1. The number of methoxy groups -OCH3 is 1. The zero-order valence-corrected chi connectivity index (χ0v) is 17.6. The van der Waals surface area contributed by atoms with Crippen LogP contribution in [0.3, 0.4) is 0 Å². The van der Waals surface area contributed by atoms with Gasteiger partial charge in [-0.2, -0.15) is 0 Å². The van der Waals surface area contributed by atoms with Gasteiger partial charge in [-0.25, -0.2) is 4.79 Å². The van der Waals surface area contributed by atoms with Crippen LogP contribution in [0.25, 0.3) is 10.9 Å². The van der Waals surface area contributed by atoms with Gasteiger partial charge in [-0.05, 0) is 32.3 Å². The van der Waals surface area contributed by atoms with Gasteiger partial charge in [0.05, 0.1) is 26.0 Å². The van der Waals surface area contributed by atoms with E-state index in [0.717, 1.165) is 30.5 Å². The summed E-state index contributed by atoms with van der Waals surface area (Å²) in [6, 6.07) is 8.27. The first-order valence-electron chi connectivity index (χ1n) is 10.0. The minimum atomic E-state index is -1.28. The number of nitrogens with zero attached hydrogens (tertiary/aromatic N) is 2. The Morgan fingerprint density at radius 2 is 2.00 bits per heavy atom. The first-order chi connectivity index (χ1) is 13.9. The van der Waals surface area contributed by atoms with Crippen molar-refractivity contribution >= 4 is 22.6 Å². The average molecular weight is 402 g/mol. The van der Waals surface area contributed by atoms with Crippen molar-refractivity contribution in [1.29, 1.82) is 0 Å². The largest absolute Gasteiger partial charge is 0.465 e. The lowest BCUT2D eigenvalue weighted by Gasteiger charge is -2.35. The lowest BCUT2D eigenvalue weighted by atomic mass is 10.0. The molecule has 1 fully saturated rings. The number of carbonyl (C=O) groups excluding carboxylic acids is 1. The highest BCUT2D eigenvalue weighted by Gasteiger charge is 2.41. The zero-order chi connectivity index (χ0) is 20.9. The van der Waals surface area contributed by atoms with Crippen molar-refractivity contribution in [3.63, 3.8) is 0 Å². The Morgan fingerprint density at radius 1 is 1.28 bits per heavy atom. The molecular weight excluding hydrogens is 372 g/mol. The van der Waals surface area contributed by atoms with Gasteiger partial charge >= 0.3 is 5.97 Å². The molecule has 0 saturated carbocycles. The van der Waals surface area contributed by atoms with Crippen molar-refractivity contribution in [2.24, 2.45) is 18.1 Å². The number of para-hydroxylation sites is 1. The van der Waals surface area contributed by atoms with E-state index in [0.29, 0.717) is 19.8 Å². The zero-order valence-electron chi connectivity index (χ0n) is 17.6. The van der Waals surface area contributed by atoms with Gasteiger partial charge in [0, 0.05) is 42.6 Å². The van der Waals surface area contributed by atoms with Crippen LogP contribution in [-0.4, -0.2) is 49.0 Å². The summed E-state index contributed by atoms with van der Waals surface area (Å²) in [6.07, 6.45) is 4.91. The molecule has 2 aromatic rings. The number of benzene rings is 1. The molecule has 29 heavy (non-hydrogen) atoms. The molecule has 7 heteroatoms. The molecule has 2 heterocycles. The molecule has 7 nitrogen and oxygen atoms in total. The topological polar surface area (TPSA) is 71.3 Å². The van der Waals surface area contributed by atoms with Gasteiger partial charge in [-0.3, -0.25) is 0 Å². The Balaban J connectivity index is 1.38. The number of esters is 1. The number of unbranched alkanes of at least 4 members (excludes halogenated alkanes) is 1. The highest BCUT2D eigenvalue weighted by molar-refractivity contribution is 6.09. The number of ether oxygens (including phenoxy) is 3. The van der Waals surface area contributed by atoms with E-state index >= 15 is 0 Å². The number of rotatable bonds is 8. The van der Waals surface area contributed by atoms with Crippen molar-refractivity contribution in [3.8, 4) is 0 Å². The molecule has 0 radical (unpaired) electrons. The summed E-state index contributed by atoms with van der Waals surface area (Å²) >= 11 is 0. The van der Waals surface area contributed by atoms with E-state index in [4.69, 9.17) is 19.0 Å². The van der Waals surface area contributed by atoms with Crippen LogP contribution in [0.15, 0.2) is 35.6 Å². The molecule has 158 valence electrons. The van der Waals surface area contributed by atoms with E-state index in [9.17, 15) is 4.79 Å². The first kappa shape index (κ1) is 21.3. The molecule has 1 saturated heterocycles. The van der Waals surface area contributed by atoms with Crippen molar-refractivity contribution in [3.05, 3.63) is 36.0 Å². The molecular formula is C22H30N2O5. The third kappa shape index (κ3) is 4.97. The van der Waals surface area contributed by atoms with Crippen LogP contribution in [0.2, 0.25) is 0 Å². The Hall–Kier alpha value is -2.38. The monoisotopic (exact) mass is 402 g/mol. The number of hydrogen-bond acceptors (Lipinski definition) is 6. The Kier molecular flexibility index (Phi) is 6.92. The summed E-state index contributed by atoms with van der Waals surface area (Å²) in [5.41, 5.74) is 3.14. The van der Waals surface area contributed by atoms with E-state index in [-0.39, 0.29) is 5.92 Å². The van der Waals surface area contributed by atoms with Gasteiger partial charge in [0.25, 0.3) is 5.79 Å². The quantitative estimate of drug-likeness (QED) is 0.292. The minimum absolute atomic E-state index is 0.272. The summed E-state index contributed by atoms with van der Waals surface area (Å²) < 4.78 is 18.0. The standard InChI is InChI=1S/C22H30N2O5/c1-16(19-13-24(3)20-11-6-5-10-18(19)20)23-29-12-8-7-9-17-14-27-22(2,28-15-17)21(25)26-4/h5-6,10-11,13,17H,7-9,12,14-15H2,1-4H3. The fraction of sp³-hybridized carbons (Fsp3) is 0.545. The Bertz CT molecular complexity index is 865. The van der Waals surface area contributed by atoms with Crippen LogP contribution in [0.1, 0.15) is 38.7 Å². The number of oxime groups is 1. The summed E-state index contributed by atoms with van der Waals surface area (Å²) in [6.45, 7) is 5.11. The SMILES string of the molecule is COC(=O)C1(C)OCC(CCCCON=C(C)c2cn(C)c3ccccc23)CO1. The van der Waals surface area contributed by atoms with Gasteiger partial charge in [0.1, 0.15) is 6.61 Å². The highest BCUT2D eigenvalue weighted by Crippen LogP contribution is 2.25. The molecule has 1 aliphatic heterocycles. The van der Waals surface area contributed by atoms with Crippen LogP contribution < -0.4 is 0 Å².